The lowest BCUT2D eigenvalue weighted by Crippen LogP contribution is -2.00. The van der Waals surface area contributed by atoms with E-state index in [1.807, 2.05) is 25.1 Å². The van der Waals surface area contributed by atoms with Gasteiger partial charge in [-0.05, 0) is 36.2 Å². The van der Waals surface area contributed by atoms with E-state index in [2.05, 4.69) is 38.4 Å². The van der Waals surface area contributed by atoms with Crippen LogP contribution < -0.4 is 5.32 Å². The van der Waals surface area contributed by atoms with Gasteiger partial charge in [0.1, 0.15) is 5.15 Å². The fourth-order valence-electron chi connectivity index (χ4n) is 1.46. The summed E-state index contributed by atoms with van der Waals surface area (Å²) in [5.41, 5.74) is 3.18. The second kappa shape index (κ2) is 5.52. The molecule has 1 N–H and O–H groups in total. The number of anilines is 1. The number of rotatable bonds is 3. The number of halogens is 2. The van der Waals surface area contributed by atoms with Crippen molar-refractivity contribution in [2.45, 2.75) is 13.5 Å². The maximum absolute atomic E-state index is 5.87. The van der Waals surface area contributed by atoms with Crippen molar-refractivity contribution < 1.29 is 0 Å². The number of hydrogen-bond donors (Lipinski definition) is 1. The molecule has 0 atom stereocenters. The van der Waals surface area contributed by atoms with Crippen LogP contribution in [0.1, 0.15) is 11.1 Å². The molecule has 2 nitrogen and oxygen atoms in total. The number of benzene rings is 1. The molecular weight excluding hydrogens is 300 g/mol. The zero-order chi connectivity index (χ0) is 12.3. The molecule has 1 aromatic heterocycles. The predicted molar refractivity (Wildman–Crippen MR) is 75.5 cm³/mol. The van der Waals surface area contributed by atoms with Crippen molar-refractivity contribution in [3.05, 3.63) is 57.3 Å². The maximum atomic E-state index is 5.87. The molecule has 0 aliphatic carbocycles. The SMILES string of the molecule is Cc1cc(NCc2ccc(Br)cc2)cnc1Cl. The highest BCUT2D eigenvalue weighted by Gasteiger charge is 1.99. The third-order valence-corrected chi connectivity index (χ3v) is 3.35. The van der Waals surface area contributed by atoms with Crippen molar-refractivity contribution >= 4 is 33.2 Å². The Morgan fingerprint density at radius 3 is 2.65 bits per heavy atom. The van der Waals surface area contributed by atoms with Crippen LogP contribution in [0.15, 0.2) is 41.0 Å². The summed E-state index contributed by atoms with van der Waals surface area (Å²) in [5, 5.41) is 3.87. The van der Waals surface area contributed by atoms with Gasteiger partial charge in [-0.25, -0.2) is 4.98 Å². The van der Waals surface area contributed by atoms with Crippen LogP contribution in [0.25, 0.3) is 0 Å². The van der Waals surface area contributed by atoms with E-state index in [9.17, 15) is 0 Å². The first-order valence-corrected chi connectivity index (χ1v) is 6.43. The molecule has 2 rings (SSSR count). The fourth-order valence-corrected chi connectivity index (χ4v) is 1.83. The van der Waals surface area contributed by atoms with Gasteiger partial charge >= 0.3 is 0 Å². The molecule has 0 fully saturated rings. The average molecular weight is 312 g/mol. The molecule has 88 valence electrons. The third kappa shape index (κ3) is 3.45. The van der Waals surface area contributed by atoms with E-state index in [4.69, 9.17) is 11.6 Å². The van der Waals surface area contributed by atoms with Crippen LogP contribution in [0.2, 0.25) is 5.15 Å². The van der Waals surface area contributed by atoms with Gasteiger partial charge in [0.25, 0.3) is 0 Å². The molecule has 4 heteroatoms. The van der Waals surface area contributed by atoms with E-state index < -0.39 is 0 Å². The molecular formula is C13H12BrClN2. The zero-order valence-electron chi connectivity index (χ0n) is 9.37. The summed E-state index contributed by atoms with van der Waals surface area (Å²) in [6.45, 7) is 2.72. The normalized spacial score (nSPS) is 10.3. The highest BCUT2D eigenvalue weighted by molar-refractivity contribution is 9.10. The van der Waals surface area contributed by atoms with Crippen molar-refractivity contribution in [3.8, 4) is 0 Å². The summed E-state index contributed by atoms with van der Waals surface area (Å²) in [4.78, 5) is 4.10. The van der Waals surface area contributed by atoms with E-state index in [0.29, 0.717) is 5.15 Å². The second-order valence-electron chi connectivity index (χ2n) is 3.81. The first-order chi connectivity index (χ1) is 8.15. The molecule has 1 aromatic carbocycles. The zero-order valence-corrected chi connectivity index (χ0v) is 11.7. The van der Waals surface area contributed by atoms with E-state index >= 15 is 0 Å². The summed E-state index contributed by atoms with van der Waals surface area (Å²) >= 11 is 9.29. The molecule has 1 heterocycles. The van der Waals surface area contributed by atoms with Gasteiger partial charge in [-0.2, -0.15) is 0 Å². The van der Waals surface area contributed by atoms with Crippen LogP contribution in [0, 0.1) is 6.92 Å². The number of hydrogen-bond acceptors (Lipinski definition) is 2. The Kier molecular flexibility index (Phi) is 4.02. The predicted octanol–water partition coefficient (Wildman–Crippen LogP) is 4.42. The summed E-state index contributed by atoms with van der Waals surface area (Å²) in [7, 11) is 0. The quantitative estimate of drug-likeness (QED) is 0.849. The van der Waals surface area contributed by atoms with Crippen molar-refractivity contribution in [1.82, 2.24) is 4.98 Å². The van der Waals surface area contributed by atoms with Crippen LogP contribution in [-0.4, -0.2) is 4.98 Å². The van der Waals surface area contributed by atoms with Crippen LogP contribution in [0.5, 0.6) is 0 Å². The Bertz CT molecular complexity index is 511. The minimum Gasteiger partial charge on any atom is -0.380 e. The van der Waals surface area contributed by atoms with Gasteiger partial charge in [0.15, 0.2) is 0 Å². The Morgan fingerprint density at radius 2 is 2.00 bits per heavy atom. The van der Waals surface area contributed by atoms with Gasteiger partial charge in [-0.1, -0.05) is 39.7 Å². The lowest BCUT2D eigenvalue weighted by Gasteiger charge is -2.07. The number of pyridine rings is 1. The molecule has 0 bridgehead atoms. The molecule has 0 aliphatic rings. The van der Waals surface area contributed by atoms with Gasteiger partial charge in [0.2, 0.25) is 0 Å². The fraction of sp³-hybridized carbons (Fsp3) is 0.154. The summed E-state index contributed by atoms with van der Waals surface area (Å²) in [6.07, 6.45) is 1.74. The lowest BCUT2D eigenvalue weighted by molar-refractivity contribution is 1.13. The molecule has 0 unspecified atom stereocenters. The van der Waals surface area contributed by atoms with Crippen LogP contribution in [0.4, 0.5) is 5.69 Å². The Labute approximate surface area is 114 Å². The minimum atomic E-state index is 0.555. The lowest BCUT2D eigenvalue weighted by atomic mass is 10.2. The highest BCUT2D eigenvalue weighted by Crippen LogP contribution is 2.17. The molecule has 17 heavy (non-hydrogen) atoms. The van der Waals surface area contributed by atoms with Crippen LogP contribution in [0.3, 0.4) is 0 Å². The number of aryl methyl sites for hydroxylation is 1. The highest BCUT2D eigenvalue weighted by atomic mass is 79.9. The average Bonchev–Trinajstić information content (AvgIpc) is 2.33. The molecule has 0 radical (unpaired) electrons. The van der Waals surface area contributed by atoms with E-state index in [1.165, 1.54) is 5.56 Å². The standard InChI is InChI=1S/C13H12BrClN2/c1-9-6-12(8-17-13(9)15)16-7-10-2-4-11(14)5-3-10/h2-6,8,16H,7H2,1H3. The Hall–Kier alpha value is -1.06. The molecule has 0 aliphatic heterocycles. The number of aromatic nitrogens is 1. The summed E-state index contributed by atoms with van der Waals surface area (Å²) in [6, 6.07) is 10.2. The van der Waals surface area contributed by atoms with E-state index in [0.717, 1.165) is 22.3 Å². The monoisotopic (exact) mass is 310 g/mol. The van der Waals surface area contributed by atoms with E-state index in [-0.39, 0.29) is 0 Å². The van der Waals surface area contributed by atoms with E-state index in [1.54, 1.807) is 6.20 Å². The Balaban J connectivity index is 2.02. The van der Waals surface area contributed by atoms with Crippen LogP contribution in [-0.2, 0) is 6.54 Å². The number of nitrogens with zero attached hydrogens (tertiary/aromatic N) is 1. The van der Waals surface area contributed by atoms with Gasteiger partial charge in [-0.3, -0.25) is 0 Å². The molecule has 0 saturated heterocycles. The summed E-state index contributed by atoms with van der Waals surface area (Å²) < 4.78 is 1.09. The second-order valence-corrected chi connectivity index (χ2v) is 5.09. The number of nitrogens with one attached hydrogen (secondary N) is 1. The molecule has 2 aromatic rings. The first kappa shape index (κ1) is 12.4. The van der Waals surface area contributed by atoms with Crippen LogP contribution >= 0.6 is 27.5 Å². The minimum absolute atomic E-state index is 0.555. The first-order valence-electron chi connectivity index (χ1n) is 5.25. The van der Waals surface area contributed by atoms with Gasteiger partial charge in [0.05, 0.1) is 11.9 Å². The third-order valence-electron chi connectivity index (χ3n) is 2.42. The maximum Gasteiger partial charge on any atom is 0.132 e. The molecule has 0 spiro atoms. The molecule has 0 saturated carbocycles. The topological polar surface area (TPSA) is 24.9 Å². The van der Waals surface area contributed by atoms with Gasteiger partial charge in [0, 0.05) is 11.0 Å². The molecule has 0 amide bonds. The van der Waals surface area contributed by atoms with Crippen molar-refractivity contribution in [3.63, 3.8) is 0 Å². The van der Waals surface area contributed by atoms with Crippen molar-refractivity contribution in [2.75, 3.05) is 5.32 Å². The van der Waals surface area contributed by atoms with Gasteiger partial charge < -0.3 is 5.32 Å². The largest absolute Gasteiger partial charge is 0.380 e. The van der Waals surface area contributed by atoms with Gasteiger partial charge in [-0.15, -0.1) is 0 Å². The van der Waals surface area contributed by atoms with Crippen molar-refractivity contribution in [1.29, 1.82) is 0 Å². The van der Waals surface area contributed by atoms with Crippen molar-refractivity contribution in [2.24, 2.45) is 0 Å². The summed E-state index contributed by atoms with van der Waals surface area (Å²) in [5.74, 6) is 0. The smallest absolute Gasteiger partial charge is 0.132 e. The Morgan fingerprint density at radius 1 is 1.29 bits per heavy atom.